The van der Waals surface area contributed by atoms with Crippen LogP contribution < -0.4 is 5.43 Å². The highest BCUT2D eigenvalue weighted by atomic mass is 19.1. The number of rotatable bonds is 4. The summed E-state index contributed by atoms with van der Waals surface area (Å²) < 4.78 is 13.3. The van der Waals surface area contributed by atoms with Gasteiger partial charge >= 0.3 is 0 Å². The van der Waals surface area contributed by atoms with Gasteiger partial charge in [-0.1, -0.05) is 42.5 Å². The molecule has 0 aliphatic heterocycles. The number of hydrogen-bond acceptors (Lipinski definition) is 2. The Labute approximate surface area is 110 Å². The van der Waals surface area contributed by atoms with E-state index in [1.165, 1.54) is 18.2 Å². The van der Waals surface area contributed by atoms with Crippen LogP contribution in [-0.4, -0.2) is 12.1 Å². The molecule has 0 radical (unpaired) electrons. The van der Waals surface area contributed by atoms with Gasteiger partial charge in [0, 0.05) is 12.6 Å². The maximum absolute atomic E-state index is 13.3. The predicted octanol–water partition coefficient (Wildman–Crippen LogP) is 2.78. The Kier molecular flexibility index (Phi) is 4.39. The molecule has 3 nitrogen and oxygen atoms in total. The van der Waals surface area contributed by atoms with Crippen LogP contribution in [0.5, 0.6) is 0 Å². The van der Waals surface area contributed by atoms with Crippen LogP contribution in [0, 0.1) is 5.82 Å². The zero-order valence-corrected chi connectivity index (χ0v) is 10.2. The molecule has 0 unspecified atom stereocenters. The Bertz CT molecular complexity index is 582. The maximum atomic E-state index is 13.3. The second-order valence-electron chi connectivity index (χ2n) is 3.92. The number of carbonyl (C=O) groups excluding carboxylic acids is 1. The molecule has 0 bridgehead atoms. The van der Waals surface area contributed by atoms with Crippen molar-refractivity contribution < 1.29 is 9.18 Å². The normalized spacial score (nSPS) is 10.6. The van der Waals surface area contributed by atoms with Crippen LogP contribution >= 0.6 is 0 Å². The van der Waals surface area contributed by atoms with Gasteiger partial charge in [-0.15, -0.1) is 0 Å². The number of benzene rings is 2. The molecule has 0 saturated heterocycles. The minimum atomic E-state index is -0.557. The SMILES string of the molecule is O=C(NN=CCc1ccccc1)c1ccccc1F. The molecule has 0 saturated carbocycles. The summed E-state index contributed by atoms with van der Waals surface area (Å²) in [5.41, 5.74) is 3.38. The highest BCUT2D eigenvalue weighted by Gasteiger charge is 2.08. The van der Waals surface area contributed by atoms with Crippen molar-refractivity contribution in [3.05, 3.63) is 71.5 Å². The molecule has 1 amide bonds. The lowest BCUT2D eigenvalue weighted by Crippen LogP contribution is -2.19. The van der Waals surface area contributed by atoms with Crippen molar-refractivity contribution in [1.29, 1.82) is 0 Å². The van der Waals surface area contributed by atoms with E-state index in [-0.39, 0.29) is 5.56 Å². The van der Waals surface area contributed by atoms with Crippen molar-refractivity contribution in [2.75, 3.05) is 0 Å². The monoisotopic (exact) mass is 256 g/mol. The highest BCUT2D eigenvalue weighted by molar-refractivity contribution is 5.94. The van der Waals surface area contributed by atoms with Gasteiger partial charge in [-0.25, -0.2) is 9.82 Å². The molecule has 19 heavy (non-hydrogen) atoms. The lowest BCUT2D eigenvalue weighted by atomic mass is 10.2. The molecule has 0 atom stereocenters. The van der Waals surface area contributed by atoms with E-state index in [1.54, 1.807) is 12.3 Å². The minimum absolute atomic E-state index is 0.0145. The average Bonchev–Trinajstić information content (AvgIpc) is 2.45. The topological polar surface area (TPSA) is 41.5 Å². The molecule has 2 aromatic rings. The molecule has 2 aromatic carbocycles. The number of nitrogens with one attached hydrogen (secondary N) is 1. The van der Waals surface area contributed by atoms with Gasteiger partial charge in [-0.2, -0.15) is 5.10 Å². The van der Waals surface area contributed by atoms with E-state index in [0.29, 0.717) is 6.42 Å². The van der Waals surface area contributed by atoms with E-state index in [4.69, 9.17) is 0 Å². The van der Waals surface area contributed by atoms with Crippen molar-refractivity contribution in [1.82, 2.24) is 5.43 Å². The molecule has 0 fully saturated rings. The lowest BCUT2D eigenvalue weighted by molar-refractivity contribution is 0.0951. The fourth-order valence-electron chi connectivity index (χ4n) is 1.57. The molecule has 2 rings (SSSR count). The number of hydrazone groups is 1. The lowest BCUT2D eigenvalue weighted by Gasteiger charge is -2.00. The smallest absolute Gasteiger partial charge is 0.267 e. The van der Waals surface area contributed by atoms with Crippen molar-refractivity contribution >= 4 is 12.1 Å². The summed E-state index contributed by atoms with van der Waals surface area (Å²) in [6.07, 6.45) is 2.19. The average molecular weight is 256 g/mol. The summed E-state index contributed by atoms with van der Waals surface area (Å²) in [5, 5.41) is 3.79. The fraction of sp³-hybridized carbons (Fsp3) is 0.0667. The Balaban J connectivity index is 1.89. The molecule has 96 valence electrons. The summed E-state index contributed by atoms with van der Waals surface area (Å²) >= 11 is 0. The predicted molar refractivity (Wildman–Crippen MR) is 72.5 cm³/mol. The van der Waals surface area contributed by atoms with Gasteiger partial charge < -0.3 is 0 Å². The summed E-state index contributed by atoms with van der Waals surface area (Å²) in [5.74, 6) is -1.11. The van der Waals surface area contributed by atoms with E-state index in [1.807, 2.05) is 30.3 Å². The third-order valence-electron chi connectivity index (χ3n) is 2.55. The van der Waals surface area contributed by atoms with Crippen LogP contribution in [0.1, 0.15) is 15.9 Å². The number of nitrogens with zero attached hydrogens (tertiary/aromatic N) is 1. The third kappa shape index (κ3) is 3.74. The molecule has 0 aliphatic carbocycles. The summed E-state index contributed by atoms with van der Waals surface area (Å²) in [6, 6.07) is 15.5. The Morgan fingerprint density at radius 3 is 2.53 bits per heavy atom. The molecule has 0 spiro atoms. The molecular formula is C15H13FN2O. The van der Waals surface area contributed by atoms with Crippen molar-refractivity contribution in [3.8, 4) is 0 Å². The van der Waals surface area contributed by atoms with Crippen molar-refractivity contribution in [2.24, 2.45) is 5.10 Å². The summed E-state index contributed by atoms with van der Waals surface area (Å²) in [6.45, 7) is 0. The first-order valence-corrected chi connectivity index (χ1v) is 5.87. The van der Waals surface area contributed by atoms with Crippen LogP contribution in [0.4, 0.5) is 4.39 Å². The van der Waals surface area contributed by atoms with E-state index in [2.05, 4.69) is 10.5 Å². The molecular weight excluding hydrogens is 243 g/mol. The van der Waals surface area contributed by atoms with Gasteiger partial charge in [0.25, 0.3) is 5.91 Å². The van der Waals surface area contributed by atoms with Crippen LogP contribution in [0.3, 0.4) is 0 Å². The van der Waals surface area contributed by atoms with E-state index in [0.717, 1.165) is 5.56 Å². The largest absolute Gasteiger partial charge is 0.274 e. The molecule has 4 heteroatoms. The Hall–Kier alpha value is -2.49. The van der Waals surface area contributed by atoms with E-state index < -0.39 is 11.7 Å². The second kappa shape index (κ2) is 6.44. The van der Waals surface area contributed by atoms with Crippen LogP contribution in [0.2, 0.25) is 0 Å². The summed E-state index contributed by atoms with van der Waals surface area (Å²) in [7, 11) is 0. The first-order chi connectivity index (χ1) is 9.27. The zero-order chi connectivity index (χ0) is 13.5. The van der Waals surface area contributed by atoms with Gasteiger partial charge in [0.2, 0.25) is 0 Å². The second-order valence-corrected chi connectivity index (χ2v) is 3.92. The number of halogens is 1. The maximum Gasteiger partial charge on any atom is 0.274 e. The van der Waals surface area contributed by atoms with Gasteiger partial charge in [-0.05, 0) is 17.7 Å². The minimum Gasteiger partial charge on any atom is -0.267 e. The Morgan fingerprint density at radius 1 is 1.11 bits per heavy atom. The van der Waals surface area contributed by atoms with Gasteiger partial charge in [-0.3, -0.25) is 4.79 Å². The zero-order valence-electron chi connectivity index (χ0n) is 10.2. The summed E-state index contributed by atoms with van der Waals surface area (Å²) in [4.78, 5) is 11.6. The highest BCUT2D eigenvalue weighted by Crippen LogP contribution is 2.05. The first-order valence-electron chi connectivity index (χ1n) is 5.87. The third-order valence-corrected chi connectivity index (χ3v) is 2.55. The van der Waals surface area contributed by atoms with Crippen molar-refractivity contribution in [2.45, 2.75) is 6.42 Å². The van der Waals surface area contributed by atoms with E-state index >= 15 is 0 Å². The number of hydrogen-bond donors (Lipinski definition) is 1. The molecule has 0 heterocycles. The Morgan fingerprint density at radius 2 is 1.79 bits per heavy atom. The van der Waals surface area contributed by atoms with Gasteiger partial charge in [0.1, 0.15) is 5.82 Å². The molecule has 0 aromatic heterocycles. The first kappa shape index (κ1) is 13.0. The van der Waals surface area contributed by atoms with Crippen LogP contribution in [0.15, 0.2) is 59.7 Å². The van der Waals surface area contributed by atoms with Crippen LogP contribution in [-0.2, 0) is 6.42 Å². The molecule has 0 aliphatic rings. The van der Waals surface area contributed by atoms with Crippen molar-refractivity contribution in [3.63, 3.8) is 0 Å². The van der Waals surface area contributed by atoms with Gasteiger partial charge in [0.05, 0.1) is 5.56 Å². The molecule has 1 N–H and O–H groups in total. The fourth-order valence-corrected chi connectivity index (χ4v) is 1.57. The quantitative estimate of drug-likeness (QED) is 0.663. The number of carbonyl (C=O) groups is 1. The van der Waals surface area contributed by atoms with Gasteiger partial charge in [0.15, 0.2) is 0 Å². The standard InChI is InChI=1S/C15H13FN2O/c16-14-9-5-4-8-13(14)15(19)18-17-11-10-12-6-2-1-3-7-12/h1-9,11H,10H2,(H,18,19). The van der Waals surface area contributed by atoms with Crippen LogP contribution in [0.25, 0.3) is 0 Å². The van der Waals surface area contributed by atoms with E-state index in [9.17, 15) is 9.18 Å². The number of amides is 1.